The largest absolute Gasteiger partial charge is 0.497 e. The summed E-state index contributed by atoms with van der Waals surface area (Å²) in [6.45, 7) is 13.5. The van der Waals surface area contributed by atoms with Gasteiger partial charge in [0.15, 0.2) is 5.82 Å². The number of benzene rings is 1. The van der Waals surface area contributed by atoms with Crippen LogP contribution in [0.4, 0.5) is 10.6 Å². The van der Waals surface area contributed by atoms with Crippen LogP contribution in [0.25, 0.3) is 11.0 Å². The maximum absolute atomic E-state index is 11.9. The molecule has 0 saturated carbocycles. The molecule has 11 nitrogen and oxygen atoms in total. The Morgan fingerprint density at radius 1 is 1.05 bits per heavy atom. The number of amides is 1. The molecule has 3 aromatic rings. The summed E-state index contributed by atoms with van der Waals surface area (Å²) in [4.78, 5) is 17.0. The molecule has 11 heteroatoms. The van der Waals surface area contributed by atoms with Gasteiger partial charge in [-0.3, -0.25) is 0 Å². The molecule has 1 amide bonds. The lowest BCUT2D eigenvalue weighted by Gasteiger charge is -2.19. The molecule has 0 atom stereocenters. The fourth-order valence-corrected chi connectivity index (χ4v) is 4.51. The van der Waals surface area contributed by atoms with Gasteiger partial charge in [0.1, 0.15) is 34.0 Å². The molecule has 2 aromatic heterocycles. The van der Waals surface area contributed by atoms with E-state index in [2.05, 4.69) is 32.3 Å². The van der Waals surface area contributed by atoms with Gasteiger partial charge < -0.3 is 34.1 Å². The number of carbonyl (C=O) groups excluding carboxylic acids is 1. The highest BCUT2D eigenvalue weighted by atomic mass is 16.6. The van der Waals surface area contributed by atoms with Gasteiger partial charge in [0.2, 0.25) is 0 Å². The van der Waals surface area contributed by atoms with Crippen LogP contribution in [0.5, 0.6) is 17.4 Å². The first-order valence-corrected chi connectivity index (χ1v) is 14.9. The molecular weight excluding hydrogens is 536 g/mol. The lowest BCUT2D eigenvalue weighted by atomic mass is 10.2. The van der Waals surface area contributed by atoms with Gasteiger partial charge in [0, 0.05) is 37.7 Å². The molecule has 0 spiro atoms. The fraction of sp³-hybridized carbons (Fsp3) is 0.613. The summed E-state index contributed by atoms with van der Waals surface area (Å²) in [5, 5.41) is 15.2. The summed E-state index contributed by atoms with van der Waals surface area (Å²) in [6, 6.07) is 5.73. The number of alkyl carbamates (subject to hydrolysis) is 1. The van der Waals surface area contributed by atoms with Crippen molar-refractivity contribution in [1.82, 2.24) is 25.1 Å². The average Bonchev–Trinajstić information content (AvgIpc) is 3.30. The number of nitrogens with zero attached hydrogens (tertiary/aromatic N) is 4. The van der Waals surface area contributed by atoms with Crippen LogP contribution in [-0.4, -0.2) is 58.3 Å². The number of hydrogen-bond acceptors (Lipinski definition) is 9. The Bertz CT molecular complexity index is 1300. The molecule has 232 valence electrons. The van der Waals surface area contributed by atoms with E-state index < -0.39 is 5.60 Å². The summed E-state index contributed by atoms with van der Waals surface area (Å²) in [5.41, 5.74) is 2.04. The Kier molecular flexibility index (Phi) is 12.1. The minimum absolute atomic E-state index is 0.0637. The van der Waals surface area contributed by atoms with Crippen molar-refractivity contribution in [1.29, 1.82) is 0 Å². The van der Waals surface area contributed by atoms with Crippen LogP contribution in [0, 0.1) is 0 Å². The zero-order valence-electron chi connectivity index (χ0n) is 26.5. The van der Waals surface area contributed by atoms with Crippen LogP contribution < -0.4 is 24.8 Å². The standard InChI is InChI=1S/C31H48N6O5/c1-9-10-14-25-34-26-27(37(25)18-13-11-12-17-32-30(38)42-31(4,5)6)29(41-21(2)3)36-35-28(26)33-20-22-15-16-23(39-7)19-24(22)40-8/h15-16,19,21H,9-14,17-18,20H2,1-8H3,(H,32,38)(H,33,35). The molecule has 0 aliphatic heterocycles. The second kappa shape index (κ2) is 15.5. The first-order chi connectivity index (χ1) is 20.1. The van der Waals surface area contributed by atoms with Gasteiger partial charge in [0.05, 0.1) is 20.3 Å². The fourth-order valence-electron chi connectivity index (χ4n) is 4.51. The monoisotopic (exact) mass is 584 g/mol. The lowest BCUT2D eigenvalue weighted by molar-refractivity contribution is 0.0527. The summed E-state index contributed by atoms with van der Waals surface area (Å²) in [7, 11) is 3.27. The highest BCUT2D eigenvalue weighted by Gasteiger charge is 2.22. The second-order valence-corrected chi connectivity index (χ2v) is 11.5. The number of aryl methyl sites for hydroxylation is 2. The van der Waals surface area contributed by atoms with E-state index in [9.17, 15) is 4.79 Å². The van der Waals surface area contributed by atoms with Gasteiger partial charge in [-0.2, -0.15) is 0 Å². The predicted octanol–water partition coefficient (Wildman–Crippen LogP) is 6.28. The molecule has 0 aliphatic rings. The molecule has 0 unspecified atom stereocenters. The second-order valence-electron chi connectivity index (χ2n) is 11.5. The van der Waals surface area contributed by atoms with Gasteiger partial charge in [-0.1, -0.05) is 13.3 Å². The van der Waals surface area contributed by atoms with Crippen LogP contribution in [0.1, 0.15) is 85.0 Å². The smallest absolute Gasteiger partial charge is 0.407 e. The number of unbranched alkanes of at least 4 members (excludes halogenated alkanes) is 3. The first kappa shape index (κ1) is 32.8. The third kappa shape index (κ3) is 9.39. The van der Waals surface area contributed by atoms with Gasteiger partial charge in [-0.25, -0.2) is 9.78 Å². The van der Waals surface area contributed by atoms with E-state index >= 15 is 0 Å². The Morgan fingerprint density at radius 2 is 1.83 bits per heavy atom. The third-order valence-corrected chi connectivity index (χ3v) is 6.48. The summed E-state index contributed by atoms with van der Waals surface area (Å²) >= 11 is 0. The van der Waals surface area contributed by atoms with Crippen molar-refractivity contribution in [2.45, 2.75) is 105 Å². The van der Waals surface area contributed by atoms with Crippen molar-refractivity contribution in [2.24, 2.45) is 0 Å². The third-order valence-electron chi connectivity index (χ3n) is 6.48. The summed E-state index contributed by atoms with van der Waals surface area (Å²) in [5.74, 6) is 3.52. The number of fused-ring (bicyclic) bond motifs is 1. The number of ether oxygens (including phenoxy) is 4. The maximum atomic E-state index is 11.9. The van der Waals surface area contributed by atoms with Gasteiger partial charge in [-0.05, 0) is 72.4 Å². The van der Waals surface area contributed by atoms with Crippen LogP contribution in [0.2, 0.25) is 0 Å². The number of nitrogens with one attached hydrogen (secondary N) is 2. The predicted molar refractivity (Wildman–Crippen MR) is 165 cm³/mol. The zero-order valence-corrected chi connectivity index (χ0v) is 26.5. The van der Waals surface area contributed by atoms with Crippen molar-refractivity contribution in [2.75, 3.05) is 26.1 Å². The number of rotatable bonds is 16. The van der Waals surface area contributed by atoms with Crippen molar-refractivity contribution in [3.05, 3.63) is 29.6 Å². The number of hydrogen-bond donors (Lipinski definition) is 2. The van der Waals surface area contributed by atoms with E-state index in [1.807, 2.05) is 52.8 Å². The first-order valence-electron chi connectivity index (χ1n) is 14.9. The molecule has 0 saturated heterocycles. The van der Waals surface area contributed by atoms with Gasteiger partial charge in [0.25, 0.3) is 5.88 Å². The Labute approximate surface area is 249 Å². The topological polar surface area (TPSA) is 122 Å². The molecule has 1 aromatic carbocycles. The van der Waals surface area contributed by atoms with Crippen LogP contribution in [-0.2, 0) is 24.2 Å². The minimum atomic E-state index is -0.505. The van der Waals surface area contributed by atoms with Crippen molar-refractivity contribution in [3.8, 4) is 17.4 Å². The number of anilines is 1. The van der Waals surface area contributed by atoms with E-state index in [4.69, 9.17) is 23.9 Å². The normalized spacial score (nSPS) is 11.5. The van der Waals surface area contributed by atoms with Crippen LogP contribution in [0.15, 0.2) is 18.2 Å². The molecule has 42 heavy (non-hydrogen) atoms. The lowest BCUT2D eigenvalue weighted by Crippen LogP contribution is -2.33. The highest BCUT2D eigenvalue weighted by molar-refractivity contribution is 5.89. The van der Waals surface area contributed by atoms with E-state index in [0.29, 0.717) is 24.8 Å². The van der Waals surface area contributed by atoms with E-state index in [1.165, 1.54) is 0 Å². The average molecular weight is 585 g/mol. The van der Waals surface area contributed by atoms with Crippen molar-refractivity contribution >= 4 is 22.9 Å². The Hall–Kier alpha value is -3.76. The number of imidazole rings is 1. The highest BCUT2D eigenvalue weighted by Crippen LogP contribution is 2.32. The quantitative estimate of drug-likeness (QED) is 0.187. The Balaban J connectivity index is 1.82. The molecule has 2 heterocycles. The van der Waals surface area contributed by atoms with Crippen LogP contribution >= 0.6 is 0 Å². The van der Waals surface area contributed by atoms with Crippen molar-refractivity contribution < 1.29 is 23.7 Å². The van der Waals surface area contributed by atoms with Crippen LogP contribution in [0.3, 0.4) is 0 Å². The van der Waals surface area contributed by atoms with E-state index in [1.54, 1.807) is 14.2 Å². The molecule has 2 N–H and O–H groups in total. The molecule has 3 rings (SSSR count). The molecule has 0 bridgehead atoms. The number of carbonyl (C=O) groups is 1. The van der Waals surface area contributed by atoms with Gasteiger partial charge in [-0.15, -0.1) is 10.2 Å². The van der Waals surface area contributed by atoms with Crippen molar-refractivity contribution in [3.63, 3.8) is 0 Å². The summed E-state index contributed by atoms with van der Waals surface area (Å²) in [6.07, 6.45) is 5.18. The summed E-state index contributed by atoms with van der Waals surface area (Å²) < 4.78 is 24.6. The molecule has 0 radical (unpaired) electrons. The maximum Gasteiger partial charge on any atom is 0.407 e. The number of methoxy groups -OCH3 is 2. The number of aromatic nitrogens is 4. The molecule has 0 aliphatic carbocycles. The minimum Gasteiger partial charge on any atom is -0.497 e. The molecular formula is C31H48N6O5. The molecule has 0 fully saturated rings. The van der Waals surface area contributed by atoms with Gasteiger partial charge >= 0.3 is 6.09 Å². The van der Waals surface area contributed by atoms with E-state index in [0.717, 1.165) is 79.0 Å². The SMILES string of the molecule is CCCCc1nc2c(NCc3ccc(OC)cc3OC)nnc(OC(C)C)c2n1CCCCCNC(=O)OC(C)(C)C. The van der Waals surface area contributed by atoms with E-state index in [-0.39, 0.29) is 12.2 Å². The Morgan fingerprint density at radius 3 is 2.50 bits per heavy atom. The zero-order chi connectivity index (χ0) is 30.7.